The zero-order chi connectivity index (χ0) is 16.6. The lowest BCUT2D eigenvalue weighted by atomic mass is 10.2. The smallest absolute Gasteiger partial charge is 0.356 e. The molecule has 7 nitrogen and oxygen atoms in total. The Hall–Kier alpha value is -3.35. The van der Waals surface area contributed by atoms with E-state index in [0.717, 1.165) is 0 Å². The van der Waals surface area contributed by atoms with Crippen LogP contribution in [0.2, 0.25) is 0 Å². The summed E-state index contributed by atoms with van der Waals surface area (Å²) < 4.78 is 6.58. The van der Waals surface area contributed by atoms with Crippen LogP contribution in [0.15, 0.2) is 42.5 Å². The van der Waals surface area contributed by atoms with Gasteiger partial charge in [0.2, 0.25) is 0 Å². The third-order valence-electron chi connectivity index (χ3n) is 3.43. The second-order valence-electron chi connectivity index (χ2n) is 4.73. The van der Waals surface area contributed by atoms with Crippen LogP contribution < -0.4 is 4.74 Å². The number of ether oxygens (including phenoxy) is 1. The van der Waals surface area contributed by atoms with Crippen LogP contribution in [0.25, 0.3) is 16.9 Å². The number of imidazole rings is 1. The number of rotatable bonds is 4. The van der Waals surface area contributed by atoms with E-state index in [1.165, 1.54) is 29.7 Å². The van der Waals surface area contributed by atoms with Crippen molar-refractivity contribution in [3.05, 3.63) is 53.9 Å². The molecule has 7 heteroatoms. The molecule has 0 unspecified atom stereocenters. The highest BCUT2D eigenvalue weighted by Crippen LogP contribution is 2.31. The van der Waals surface area contributed by atoms with Gasteiger partial charge in [-0.1, -0.05) is 18.2 Å². The van der Waals surface area contributed by atoms with Crippen LogP contribution in [0.5, 0.6) is 5.75 Å². The number of aromatic carboxylic acids is 2. The second kappa shape index (κ2) is 5.45. The lowest BCUT2D eigenvalue weighted by Crippen LogP contribution is -2.06. The number of carboxylic acids is 2. The van der Waals surface area contributed by atoms with E-state index < -0.39 is 11.9 Å². The van der Waals surface area contributed by atoms with Crippen molar-refractivity contribution in [2.24, 2.45) is 0 Å². The molecule has 1 aromatic carbocycles. The van der Waals surface area contributed by atoms with Gasteiger partial charge in [0.25, 0.3) is 0 Å². The number of aromatic nitrogens is 2. The Morgan fingerprint density at radius 2 is 1.78 bits per heavy atom. The molecule has 0 aliphatic rings. The van der Waals surface area contributed by atoms with Gasteiger partial charge in [-0.05, 0) is 24.3 Å². The summed E-state index contributed by atoms with van der Waals surface area (Å²) in [5.74, 6) is -1.74. The molecule has 3 rings (SSSR count). The summed E-state index contributed by atoms with van der Waals surface area (Å²) in [5.41, 5.74) is 0.418. The van der Waals surface area contributed by atoms with Gasteiger partial charge in [0.1, 0.15) is 17.3 Å². The van der Waals surface area contributed by atoms with E-state index in [0.29, 0.717) is 11.3 Å². The fourth-order valence-corrected chi connectivity index (χ4v) is 2.47. The molecule has 23 heavy (non-hydrogen) atoms. The fraction of sp³-hybridized carbons (Fsp3) is 0.0625. The van der Waals surface area contributed by atoms with Gasteiger partial charge >= 0.3 is 11.9 Å². The number of benzene rings is 1. The molecule has 0 amide bonds. The number of hydrogen-bond acceptors (Lipinski definition) is 4. The van der Waals surface area contributed by atoms with E-state index in [2.05, 4.69) is 4.98 Å². The SMILES string of the molecule is COc1ccccc1-c1nc(C(=O)O)c2cccc(C(=O)O)n12. The first-order chi connectivity index (χ1) is 11.0. The number of hydrogen-bond donors (Lipinski definition) is 2. The van der Waals surface area contributed by atoms with Crippen molar-refractivity contribution >= 4 is 17.5 Å². The molecule has 0 aliphatic heterocycles. The molecule has 0 saturated heterocycles. The average molecular weight is 312 g/mol. The Labute approximate surface area is 130 Å². The Balaban J connectivity index is 2.45. The zero-order valence-electron chi connectivity index (χ0n) is 12.1. The predicted octanol–water partition coefficient (Wildman–Crippen LogP) is 2.41. The topological polar surface area (TPSA) is 101 Å². The number of para-hydroxylation sites is 1. The van der Waals surface area contributed by atoms with Gasteiger partial charge in [-0.2, -0.15) is 0 Å². The van der Waals surface area contributed by atoms with Crippen LogP contribution >= 0.6 is 0 Å². The lowest BCUT2D eigenvalue weighted by molar-refractivity contribution is 0.0678. The summed E-state index contributed by atoms with van der Waals surface area (Å²) in [6.07, 6.45) is 0. The fourth-order valence-electron chi connectivity index (χ4n) is 2.47. The Morgan fingerprint density at radius 3 is 2.43 bits per heavy atom. The average Bonchev–Trinajstić information content (AvgIpc) is 2.94. The molecule has 3 aromatic rings. The van der Waals surface area contributed by atoms with Crippen molar-refractivity contribution in [1.82, 2.24) is 9.38 Å². The van der Waals surface area contributed by atoms with Crippen LogP contribution in [0.3, 0.4) is 0 Å². The van der Waals surface area contributed by atoms with Gasteiger partial charge in [-0.3, -0.25) is 4.40 Å². The quantitative estimate of drug-likeness (QED) is 0.767. The van der Waals surface area contributed by atoms with E-state index in [4.69, 9.17) is 4.74 Å². The minimum Gasteiger partial charge on any atom is -0.496 e. The van der Waals surface area contributed by atoms with E-state index >= 15 is 0 Å². The van der Waals surface area contributed by atoms with Crippen LogP contribution in [0.1, 0.15) is 21.0 Å². The van der Waals surface area contributed by atoms with Crippen molar-refractivity contribution in [1.29, 1.82) is 0 Å². The van der Waals surface area contributed by atoms with E-state index in [1.54, 1.807) is 24.3 Å². The van der Waals surface area contributed by atoms with Gasteiger partial charge < -0.3 is 14.9 Å². The van der Waals surface area contributed by atoms with Gasteiger partial charge in [-0.15, -0.1) is 0 Å². The highest BCUT2D eigenvalue weighted by Gasteiger charge is 2.23. The highest BCUT2D eigenvalue weighted by molar-refractivity contribution is 5.97. The van der Waals surface area contributed by atoms with Crippen LogP contribution in [0.4, 0.5) is 0 Å². The number of carboxylic acid groups (broad SMARTS) is 2. The summed E-state index contributed by atoms with van der Waals surface area (Å²) >= 11 is 0. The molecule has 0 spiro atoms. The van der Waals surface area contributed by atoms with Gasteiger partial charge in [0.05, 0.1) is 18.2 Å². The molecule has 0 atom stereocenters. The minimum absolute atomic E-state index is 0.0802. The van der Waals surface area contributed by atoms with Crippen molar-refractivity contribution in [3.63, 3.8) is 0 Å². The molecular formula is C16H12N2O5. The van der Waals surface area contributed by atoms with Gasteiger partial charge in [-0.25, -0.2) is 14.6 Å². The normalized spacial score (nSPS) is 10.7. The zero-order valence-corrected chi connectivity index (χ0v) is 12.1. The monoisotopic (exact) mass is 312 g/mol. The minimum atomic E-state index is -1.23. The number of fused-ring (bicyclic) bond motifs is 1. The van der Waals surface area contributed by atoms with Gasteiger partial charge in [0, 0.05) is 0 Å². The molecule has 116 valence electrons. The summed E-state index contributed by atoms with van der Waals surface area (Å²) in [6, 6.07) is 11.3. The van der Waals surface area contributed by atoms with E-state index in [-0.39, 0.29) is 22.7 Å². The predicted molar refractivity (Wildman–Crippen MR) is 81.1 cm³/mol. The third kappa shape index (κ3) is 2.28. The molecule has 0 radical (unpaired) electrons. The number of methoxy groups -OCH3 is 1. The summed E-state index contributed by atoms with van der Waals surface area (Å²) in [7, 11) is 1.48. The van der Waals surface area contributed by atoms with Crippen LogP contribution in [0, 0.1) is 0 Å². The third-order valence-corrected chi connectivity index (χ3v) is 3.43. The first kappa shape index (κ1) is 14.6. The standard InChI is InChI=1S/C16H12N2O5/c1-23-12-8-3-2-5-9(12)14-17-13(16(21)22)10-6-4-7-11(15(19)20)18(10)14/h2-8H,1H3,(H,19,20)(H,21,22). The largest absolute Gasteiger partial charge is 0.496 e. The van der Waals surface area contributed by atoms with Crippen molar-refractivity contribution in [3.8, 4) is 17.1 Å². The molecular weight excluding hydrogens is 300 g/mol. The van der Waals surface area contributed by atoms with E-state index in [1.807, 2.05) is 0 Å². The second-order valence-corrected chi connectivity index (χ2v) is 4.73. The number of nitrogens with zero attached hydrogens (tertiary/aromatic N) is 2. The molecule has 2 N–H and O–H groups in total. The van der Waals surface area contributed by atoms with Crippen LogP contribution in [-0.4, -0.2) is 38.6 Å². The summed E-state index contributed by atoms with van der Waals surface area (Å²) in [6.45, 7) is 0. The van der Waals surface area contributed by atoms with Crippen molar-refractivity contribution in [2.45, 2.75) is 0 Å². The first-order valence-corrected chi connectivity index (χ1v) is 6.66. The Bertz CT molecular complexity index is 929. The molecule has 0 fully saturated rings. The maximum absolute atomic E-state index is 11.5. The highest BCUT2D eigenvalue weighted by atomic mass is 16.5. The maximum Gasteiger partial charge on any atom is 0.356 e. The summed E-state index contributed by atoms with van der Waals surface area (Å²) in [5, 5.41) is 18.7. The maximum atomic E-state index is 11.5. The Kier molecular flexibility index (Phi) is 3.46. The molecule has 0 aliphatic carbocycles. The van der Waals surface area contributed by atoms with Gasteiger partial charge in [0.15, 0.2) is 5.69 Å². The van der Waals surface area contributed by atoms with E-state index in [9.17, 15) is 19.8 Å². The first-order valence-electron chi connectivity index (χ1n) is 6.66. The molecule has 2 aromatic heterocycles. The lowest BCUT2D eigenvalue weighted by Gasteiger charge is -2.09. The number of pyridine rings is 1. The van der Waals surface area contributed by atoms with Crippen LogP contribution in [-0.2, 0) is 0 Å². The molecule has 0 saturated carbocycles. The molecule has 0 bridgehead atoms. The number of carbonyl (C=O) groups is 2. The van der Waals surface area contributed by atoms with Crippen molar-refractivity contribution in [2.75, 3.05) is 7.11 Å². The Morgan fingerprint density at radius 1 is 1.04 bits per heavy atom. The van der Waals surface area contributed by atoms with Crippen molar-refractivity contribution < 1.29 is 24.5 Å². The summed E-state index contributed by atoms with van der Waals surface area (Å²) in [4.78, 5) is 27.1. The molecule has 2 heterocycles.